The number of hydrogen-bond acceptors (Lipinski definition) is 4. The summed E-state index contributed by atoms with van der Waals surface area (Å²) in [6.45, 7) is 0.408. The van der Waals surface area contributed by atoms with Crippen LogP contribution >= 0.6 is 0 Å². The molecule has 0 spiro atoms. The van der Waals surface area contributed by atoms with E-state index in [0.29, 0.717) is 24.2 Å². The number of aliphatic carboxylic acids is 1. The quantitative estimate of drug-likeness (QED) is 0.921. The number of benzene rings is 1. The molecule has 1 amide bonds. The van der Waals surface area contributed by atoms with E-state index in [1.807, 2.05) is 0 Å². The van der Waals surface area contributed by atoms with Gasteiger partial charge in [0.2, 0.25) is 6.10 Å². The molecule has 6 nitrogen and oxygen atoms in total. The Hall–Kier alpha value is -2.44. The summed E-state index contributed by atoms with van der Waals surface area (Å²) in [6, 6.07) is 5.11. The van der Waals surface area contributed by atoms with Crippen molar-refractivity contribution in [1.29, 1.82) is 0 Å². The van der Waals surface area contributed by atoms with E-state index in [1.165, 1.54) is 17.0 Å². The van der Waals surface area contributed by atoms with Gasteiger partial charge in [0.25, 0.3) is 5.91 Å². The summed E-state index contributed by atoms with van der Waals surface area (Å²) < 4.78 is 13.3. The van der Waals surface area contributed by atoms with Crippen molar-refractivity contribution >= 4 is 17.6 Å². The summed E-state index contributed by atoms with van der Waals surface area (Å²) in [5.74, 6) is -1.75. The standard InChI is InChI=1S/C16H17FN2O4/c17-11-5-3-4-10(8-11)12-9-14(23-18-12)15(20)19-7-2-1-6-13(19)16(21)22/h3-5,8,13-14H,1-2,6-7,9H2,(H,21,22)/t13-,14-/m1/s1. The molecule has 0 radical (unpaired) electrons. The number of nitrogens with zero attached hydrogens (tertiary/aromatic N) is 2. The Morgan fingerprint density at radius 2 is 2.17 bits per heavy atom. The Morgan fingerprint density at radius 3 is 2.91 bits per heavy atom. The first-order valence-electron chi connectivity index (χ1n) is 7.58. The van der Waals surface area contributed by atoms with Gasteiger partial charge in [0.15, 0.2) is 0 Å². The molecule has 2 aliphatic heterocycles. The Morgan fingerprint density at radius 1 is 1.35 bits per heavy atom. The van der Waals surface area contributed by atoms with Crippen LogP contribution in [0.25, 0.3) is 0 Å². The van der Waals surface area contributed by atoms with Crippen LogP contribution in [0.15, 0.2) is 29.4 Å². The summed E-state index contributed by atoms with van der Waals surface area (Å²) in [5, 5.41) is 13.1. The average Bonchev–Trinajstić information content (AvgIpc) is 3.04. The third-order valence-corrected chi connectivity index (χ3v) is 4.17. The fourth-order valence-electron chi connectivity index (χ4n) is 2.99. The van der Waals surface area contributed by atoms with Crippen LogP contribution in [0.3, 0.4) is 0 Å². The van der Waals surface area contributed by atoms with Crippen LogP contribution in [-0.4, -0.2) is 46.3 Å². The zero-order valence-electron chi connectivity index (χ0n) is 12.4. The average molecular weight is 320 g/mol. The first kappa shape index (κ1) is 15.5. The molecule has 1 fully saturated rings. The molecular weight excluding hydrogens is 303 g/mol. The van der Waals surface area contributed by atoms with E-state index in [-0.39, 0.29) is 18.1 Å². The summed E-state index contributed by atoms with van der Waals surface area (Å²) in [4.78, 5) is 30.4. The minimum Gasteiger partial charge on any atom is -0.480 e. The van der Waals surface area contributed by atoms with Crippen molar-refractivity contribution in [3.05, 3.63) is 35.6 Å². The zero-order chi connectivity index (χ0) is 16.4. The van der Waals surface area contributed by atoms with Gasteiger partial charge < -0.3 is 14.8 Å². The maximum absolute atomic E-state index is 13.3. The first-order chi connectivity index (χ1) is 11.1. The molecule has 122 valence electrons. The minimum atomic E-state index is -0.998. The van der Waals surface area contributed by atoms with Crippen LogP contribution in [0, 0.1) is 5.82 Å². The third kappa shape index (κ3) is 3.18. The van der Waals surface area contributed by atoms with E-state index in [9.17, 15) is 19.1 Å². The number of halogens is 1. The van der Waals surface area contributed by atoms with Crippen molar-refractivity contribution < 1.29 is 23.9 Å². The number of carboxylic acid groups (broad SMARTS) is 1. The Bertz CT molecular complexity index is 661. The fraction of sp³-hybridized carbons (Fsp3) is 0.438. The number of carboxylic acids is 1. The zero-order valence-corrected chi connectivity index (χ0v) is 12.4. The van der Waals surface area contributed by atoms with Gasteiger partial charge in [-0.3, -0.25) is 4.79 Å². The van der Waals surface area contributed by atoms with Crippen molar-refractivity contribution in [3.63, 3.8) is 0 Å². The van der Waals surface area contributed by atoms with Gasteiger partial charge in [0.1, 0.15) is 11.9 Å². The number of piperidine rings is 1. The van der Waals surface area contributed by atoms with Crippen molar-refractivity contribution in [2.45, 2.75) is 37.8 Å². The SMILES string of the molecule is O=C(O)[C@H]1CCCCN1C(=O)[C@H]1CC(c2cccc(F)c2)=NO1. The molecule has 2 atom stereocenters. The molecule has 0 saturated carbocycles. The monoisotopic (exact) mass is 320 g/mol. The van der Waals surface area contributed by atoms with Crippen molar-refractivity contribution in [3.8, 4) is 0 Å². The van der Waals surface area contributed by atoms with Gasteiger partial charge in [-0.05, 0) is 31.4 Å². The van der Waals surface area contributed by atoms with Gasteiger partial charge in [-0.2, -0.15) is 0 Å². The van der Waals surface area contributed by atoms with Crippen LogP contribution in [-0.2, 0) is 14.4 Å². The van der Waals surface area contributed by atoms with Crippen LogP contribution in [0.2, 0.25) is 0 Å². The predicted octanol–water partition coefficient (Wildman–Crippen LogP) is 1.78. The number of carbonyl (C=O) groups excluding carboxylic acids is 1. The van der Waals surface area contributed by atoms with Crippen LogP contribution in [0.4, 0.5) is 4.39 Å². The molecular formula is C16H17FN2O4. The number of oxime groups is 1. The highest BCUT2D eigenvalue weighted by Crippen LogP contribution is 2.23. The smallest absolute Gasteiger partial charge is 0.326 e. The van der Waals surface area contributed by atoms with Crippen LogP contribution < -0.4 is 0 Å². The lowest BCUT2D eigenvalue weighted by atomic mass is 9.99. The molecule has 0 aromatic heterocycles. The van der Waals surface area contributed by atoms with Gasteiger partial charge in [-0.25, -0.2) is 9.18 Å². The summed E-state index contributed by atoms with van der Waals surface area (Å²) in [6.07, 6.45) is 1.39. The van der Waals surface area contributed by atoms with E-state index < -0.39 is 18.1 Å². The lowest BCUT2D eigenvalue weighted by Gasteiger charge is -2.33. The molecule has 1 N–H and O–H groups in total. The second kappa shape index (κ2) is 6.36. The summed E-state index contributed by atoms with van der Waals surface area (Å²) in [5.41, 5.74) is 1.06. The Balaban J connectivity index is 1.69. The molecule has 1 aromatic rings. The molecule has 1 aromatic carbocycles. The topological polar surface area (TPSA) is 79.2 Å². The van der Waals surface area contributed by atoms with E-state index in [1.54, 1.807) is 12.1 Å². The first-order valence-corrected chi connectivity index (χ1v) is 7.58. The van der Waals surface area contributed by atoms with Gasteiger partial charge in [0.05, 0.1) is 5.71 Å². The molecule has 1 saturated heterocycles. The normalized spacial score (nSPS) is 24.0. The van der Waals surface area contributed by atoms with Gasteiger partial charge >= 0.3 is 5.97 Å². The highest BCUT2D eigenvalue weighted by molar-refractivity contribution is 6.04. The largest absolute Gasteiger partial charge is 0.480 e. The maximum atomic E-state index is 13.3. The van der Waals surface area contributed by atoms with E-state index >= 15 is 0 Å². The Labute approximate surface area is 132 Å². The van der Waals surface area contributed by atoms with Gasteiger partial charge in [-0.1, -0.05) is 17.3 Å². The van der Waals surface area contributed by atoms with E-state index in [0.717, 1.165) is 12.8 Å². The maximum Gasteiger partial charge on any atom is 0.326 e. The molecule has 7 heteroatoms. The lowest BCUT2D eigenvalue weighted by molar-refractivity contribution is -0.157. The highest BCUT2D eigenvalue weighted by atomic mass is 19.1. The van der Waals surface area contributed by atoms with E-state index in [2.05, 4.69) is 5.16 Å². The van der Waals surface area contributed by atoms with E-state index in [4.69, 9.17) is 4.84 Å². The van der Waals surface area contributed by atoms with Crippen molar-refractivity contribution in [2.75, 3.05) is 6.54 Å². The molecule has 0 aliphatic carbocycles. The predicted molar refractivity (Wildman–Crippen MR) is 79.4 cm³/mol. The van der Waals surface area contributed by atoms with Crippen molar-refractivity contribution in [2.24, 2.45) is 5.16 Å². The fourth-order valence-corrected chi connectivity index (χ4v) is 2.99. The molecule has 3 rings (SSSR count). The molecule has 23 heavy (non-hydrogen) atoms. The van der Waals surface area contributed by atoms with Crippen molar-refractivity contribution in [1.82, 2.24) is 4.90 Å². The number of rotatable bonds is 3. The van der Waals surface area contributed by atoms with Crippen LogP contribution in [0.1, 0.15) is 31.2 Å². The molecule has 2 heterocycles. The summed E-state index contributed by atoms with van der Waals surface area (Å²) in [7, 11) is 0. The summed E-state index contributed by atoms with van der Waals surface area (Å²) >= 11 is 0. The number of amides is 1. The third-order valence-electron chi connectivity index (χ3n) is 4.17. The van der Waals surface area contributed by atoms with Crippen LogP contribution in [0.5, 0.6) is 0 Å². The molecule has 0 unspecified atom stereocenters. The molecule has 0 bridgehead atoms. The molecule has 2 aliphatic rings. The number of likely N-dealkylation sites (tertiary alicyclic amines) is 1. The second-order valence-electron chi connectivity index (χ2n) is 5.73. The van der Waals surface area contributed by atoms with Gasteiger partial charge in [-0.15, -0.1) is 0 Å². The lowest BCUT2D eigenvalue weighted by Crippen LogP contribution is -2.51. The Kier molecular flexibility index (Phi) is 4.27. The number of hydrogen-bond donors (Lipinski definition) is 1. The second-order valence-corrected chi connectivity index (χ2v) is 5.73. The highest BCUT2D eigenvalue weighted by Gasteiger charge is 2.39. The minimum absolute atomic E-state index is 0.213. The number of carbonyl (C=O) groups is 2. The van der Waals surface area contributed by atoms with Gasteiger partial charge in [0, 0.05) is 18.5 Å².